The van der Waals surface area contributed by atoms with E-state index in [2.05, 4.69) is 16.9 Å². The third kappa shape index (κ3) is 2.96. The number of aromatic amines is 1. The standard InChI is InChI=1S/C18H23N3O/c1-12(15-11-21-18-14(15)8-5-9-20-18)10-16(19)17(22)13-6-3-2-4-7-13/h5,8-9,11-13,19H,2-4,6-7,10H2,1H3,(H,20,21). The van der Waals surface area contributed by atoms with Crippen LogP contribution in [0, 0.1) is 11.3 Å². The lowest BCUT2D eigenvalue weighted by Gasteiger charge is -2.21. The number of fused-ring (bicyclic) bond motifs is 1. The van der Waals surface area contributed by atoms with Crippen LogP contribution in [-0.2, 0) is 4.79 Å². The highest BCUT2D eigenvalue weighted by Crippen LogP contribution is 2.29. The van der Waals surface area contributed by atoms with Crippen LogP contribution >= 0.6 is 0 Å². The predicted molar refractivity (Wildman–Crippen MR) is 88.4 cm³/mol. The van der Waals surface area contributed by atoms with Crippen molar-refractivity contribution in [1.82, 2.24) is 9.97 Å². The van der Waals surface area contributed by atoms with Crippen LogP contribution in [0.5, 0.6) is 0 Å². The average molecular weight is 297 g/mol. The molecule has 2 N–H and O–H groups in total. The van der Waals surface area contributed by atoms with Crippen molar-refractivity contribution in [3.8, 4) is 0 Å². The molecule has 22 heavy (non-hydrogen) atoms. The van der Waals surface area contributed by atoms with Gasteiger partial charge in [0.15, 0.2) is 5.78 Å². The molecule has 2 aromatic heterocycles. The Labute approximate surface area is 130 Å². The molecule has 1 aliphatic rings. The minimum atomic E-state index is 0.0736. The molecule has 4 nitrogen and oxygen atoms in total. The molecule has 0 saturated heterocycles. The van der Waals surface area contributed by atoms with Crippen LogP contribution in [0.15, 0.2) is 24.5 Å². The number of H-pyrrole nitrogens is 1. The molecule has 1 unspecified atom stereocenters. The van der Waals surface area contributed by atoms with Crippen molar-refractivity contribution in [2.75, 3.05) is 0 Å². The first-order valence-electron chi connectivity index (χ1n) is 8.20. The van der Waals surface area contributed by atoms with E-state index in [0.29, 0.717) is 6.42 Å². The van der Waals surface area contributed by atoms with Gasteiger partial charge in [-0.05, 0) is 42.9 Å². The third-order valence-electron chi connectivity index (χ3n) is 4.80. The zero-order chi connectivity index (χ0) is 15.5. The zero-order valence-electron chi connectivity index (χ0n) is 13.1. The molecule has 1 saturated carbocycles. The smallest absolute Gasteiger partial charge is 0.179 e. The van der Waals surface area contributed by atoms with Crippen LogP contribution in [-0.4, -0.2) is 21.5 Å². The Morgan fingerprint density at radius 1 is 1.41 bits per heavy atom. The van der Waals surface area contributed by atoms with Crippen LogP contribution in [0.1, 0.15) is 56.9 Å². The monoisotopic (exact) mass is 297 g/mol. The average Bonchev–Trinajstić information content (AvgIpc) is 2.99. The molecule has 4 heteroatoms. The van der Waals surface area contributed by atoms with Gasteiger partial charge < -0.3 is 10.4 Å². The summed E-state index contributed by atoms with van der Waals surface area (Å²) >= 11 is 0. The van der Waals surface area contributed by atoms with Crippen molar-refractivity contribution in [3.05, 3.63) is 30.1 Å². The SMILES string of the molecule is CC(CC(=N)C(=O)C1CCCCC1)c1c[nH]c2ncccc12. The van der Waals surface area contributed by atoms with Gasteiger partial charge >= 0.3 is 0 Å². The Morgan fingerprint density at radius 3 is 2.95 bits per heavy atom. The molecule has 0 aliphatic heterocycles. The summed E-state index contributed by atoms with van der Waals surface area (Å²) in [6, 6.07) is 3.96. The Balaban J connectivity index is 1.69. The predicted octanol–water partition coefficient (Wildman–Crippen LogP) is 4.23. The molecule has 0 spiro atoms. The summed E-state index contributed by atoms with van der Waals surface area (Å²) in [6.45, 7) is 2.08. The minimum absolute atomic E-state index is 0.0736. The normalized spacial score (nSPS) is 17.5. The fourth-order valence-electron chi connectivity index (χ4n) is 3.51. The maximum absolute atomic E-state index is 12.4. The second kappa shape index (κ2) is 6.42. The second-order valence-electron chi connectivity index (χ2n) is 6.43. The number of hydrogen-bond acceptors (Lipinski definition) is 3. The summed E-state index contributed by atoms with van der Waals surface area (Å²) in [7, 11) is 0. The Bertz CT molecular complexity index is 682. The molecule has 2 aromatic rings. The van der Waals surface area contributed by atoms with Gasteiger partial charge in [0.05, 0.1) is 5.71 Å². The first-order valence-corrected chi connectivity index (χ1v) is 8.20. The van der Waals surface area contributed by atoms with Crippen molar-refractivity contribution in [2.45, 2.75) is 51.4 Å². The lowest BCUT2D eigenvalue weighted by atomic mass is 9.82. The van der Waals surface area contributed by atoms with Gasteiger partial charge in [-0.3, -0.25) is 4.79 Å². The number of Topliss-reactive ketones (excluding diaryl/α,β-unsaturated/α-hetero) is 1. The first-order chi connectivity index (χ1) is 10.7. The number of nitrogens with zero attached hydrogens (tertiary/aromatic N) is 1. The van der Waals surface area contributed by atoms with E-state index in [1.54, 1.807) is 6.20 Å². The third-order valence-corrected chi connectivity index (χ3v) is 4.80. The van der Waals surface area contributed by atoms with Crippen molar-refractivity contribution in [2.24, 2.45) is 5.92 Å². The topological polar surface area (TPSA) is 69.6 Å². The number of nitrogens with one attached hydrogen (secondary N) is 2. The summed E-state index contributed by atoms with van der Waals surface area (Å²) in [5, 5.41) is 9.29. The van der Waals surface area contributed by atoms with Gasteiger partial charge in [-0.15, -0.1) is 0 Å². The molecular formula is C18H23N3O. The second-order valence-corrected chi connectivity index (χ2v) is 6.43. The van der Waals surface area contributed by atoms with Gasteiger partial charge in [0, 0.05) is 23.7 Å². The van der Waals surface area contributed by atoms with E-state index in [4.69, 9.17) is 5.41 Å². The zero-order valence-corrected chi connectivity index (χ0v) is 13.1. The van der Waals surface area contributed by atoms with Crippen molar-refractivity contribution in [1.29, 1.82) is 5.41 Å². The van der Waals surface area contributed by atoms with Gasteiger partial charge in [-0.1, -0.05) is 26.2 Å². The van der Waals surface area contributed by atoms with E-state index >= 15 is 0 Å². The molecule has 3 rings (SSSR count). The Hall–Kier alpha value is -1.97. The molecule has 116 valence electrons. The van der Waals surface area contributed by atoms with E-state index in [-0.39, 0.29) is 23.3 Å². The maximum atomic E-state index is 12.4. The molecule has 1 fully saturated rings. The lowest BCUT2D eigenvalue weighted by molar-refractivity contribution is -0.117. The number of rotatable bonds is 5. The minimum Gasteiger partial charge on any atom is -0.346 e. The summed E-state index contributed by atoms with van der Waals surface area (Å²) in [5.41, 5.74) is 2.30. The highest BCUT2D eigenvalue weighted by atomic mass is 16.1. The van der Waals surface area contributed by atoms with Crippen molar-refractivity contribution in [3.63, 3.8) is 0 Å². The Kier molecular flexibility index (Phi) is 4.36. The molecule has 1 aliphatic carbocycles. The number of pyridine rings is 1. The maximum Gasteiger partial charge on any atom is 0.179 e. The fourth-order valence-corrected chi connectivity index (χ4v) is 3.51. The van der Waals surface area contributed by atoms with Crippen LogP contribution < -0.4 is 0 Å². The molecule has 2 heterocycles. The van der Waals surface area contributed by atoms with Crippen molar-refractivity contribution >= 4 is 22.5 Å². The van der Waals surface area contributed by atoms with Crippen LogP contribution in [0.4, 0.5) is 0 Å². The number of ketones is 1. The van der Waals surface area contributed by atoms with Gasteiger partial charge in [-0.25, -0.2) is 4.98 Å². The summed E-state index contributed by atoms with van der Waals surface area (Å²) in [5.74, 6) is 0.320. The van der Waals surface area contributed by atoms with Gasteiger partial charge in [-0.2, -0.15) is 0 Å². The molecule has 0 amide bonds. The number of hydrogen-bond donors (Lipinski definition) is 2. The van der Waals surface area contributed by atoms with E-state index < -0.39 is 0 Å². The molecule has 0 aromatic carbocycles. The fraction of sp³-hybridized carbons (Fsp3) is 0.500. The molecule has 1 atom stereocenters. The van der Waals surface area contributed by atoms with Gasteiger partial charge in [0.25, 0.3) is 0 Å². The number of aromatic nitrogens is 2. The number of carbonyl (C=O) groups is 1. The van der Waals surface area contributed by atoms with E-state index in [9.17, 15) is 4.79 Å². The summed E-state index contributed by atoms with van der Waals surface area (Å²) in [6.07, 6.45) is 9.66. The van der Waals surface area contributed by atoms with E-state index in [1.165, 1.54) is 6.42 Å². The van der Waals surface area contributed by atoms with Gasteiger partial charge in [0.2, 0.25) is 0 Å². The summed E-state index contributed by atoms with van der Waals surface area (Å²) in [4.78, 5) is 19.9. The van der Waals surface area contributed by atoms with E-state index in [1.807, 2.05) is 18.3 Å². The van der Waals surface area contributed by atoms with Gasteiger partial charge in [0.1, 0.15) is 5.65 Å². The van der Waals surface area contributed by atoms with E-state index in [0.717, 1.165) is 42.3 Å². The first kappa shape index (κ1) is 14.9. The largest absolute Gasteiger partial charge is 0.346 e. The lowest BCUT2D eigenvalue weighted by Crippen LogP contribution is -2.26. The highest BCUT2D eigenvalue weighted by molar-refractivity contribution is 6.39. The number of carbonyl (C=O) groups excluding carboxylic acids is 1. The molecule has 0 radical (unpaired) electrons. The van der Waals surface area contributed by atoms with Crippen LogP contribution in [0.25, 0.3) is 11.0 Å². The van der Waals surface area contributed by atoms with Crippen LogP contribution in [0.2, 0.25) is 0 Å². The van der Waals surface area contributed by atoms with Crippen LogP contribution in [0.3, 0.4) is 0 Å². The quantitative estimate of drug-likeness (QED) is 0.811. The Morgan fingerprint density at radius 2 is 2.18 bits per heavy atom. The highest BCUT2D eigenvalue weighted by Gasteiger charge is 2.25. The van der Waals surface area contributed by atoms with Crippen molar-refractivity contribution < 1.29 is 4.79 Å². The molecular weight excluding hydrogens is 274 g/mol. The molecule has 0 bridgehead atoms. The summed E-state index contributed by atoms with van der Waals surface area (Å²) < 4.78 is 0.